The molecule has 19 heavy (non-hydrogen) atoms. The van der Waals surface area contributed by atoms with Crippen molar-refractivity contribution in [2.45, 2.75) is 32.4 Å². The molecule has 0 bridgehead atoms. The van der Waals surface area contributed by atoms with Crippen molar-refractivity contribution in [1.29, 1.82) is 0 Å². The molecule has 0 radical (unpaired) electrons. The van der Waals surface area contributed by atoms with Gasteiger partial charge in [-0.3, -0.25) is 4.79 Å². The number of nitrogens with one attached hydrogen (secondary N) is 1. The van der Waals surface area contributed by atoms with Gasteiger partial charge in [0.1, 0.15) is 11.6 Å². The van der Waals surface area contributed by atoms with Crippen LogP contribution < -0.4 is 5.32 Å². The number of anilines is 1. The summed E-state index contributed by atoms with van der Waals surface area (Å²) in [5.41, 5.74) is 0.956. The Kier molecular flexibility index (Phi) is 7.25. The van der Waals surface area contributed by atoms with Gasteiger partial charge in [0.15, 0.2) is 0 Å². The van der Waals surface area contributed by atoms with Gasteiger partial charge in [-0.1, -0.05) is 6.92 Å². The average molecular weight is 283 g/mol. The van der Waals surface area contributed by atoms with Gasteiger partial charge in [0.2, 0.25) is 0 Å². The van der Waals surface area contributed by atoms with Gasteiger partial charge in [-0.2, -0.15) is 11.8 Å². The Balaban J connectivity index is 2.44. The van der Waals surface area contributed by atoms with Crippen LogP contribution in [-0.4, -0.2) is 35.3 Å². The third kappa shape index (κ3) is 6.42. The lowest BCUT2D eigenvalue weighted by atomic mass is 10.4. The van der Waals surface area contributed by atoms with Crippen LogP contribution in [0.1, 0.15) is 31.3 Å². The number of carbonyl (C=O) groups excluding carboxylic acids is 1. The highest BCUT2D eigenvalue weighted by molar-refractivity contribution is 7.98. The van der Waals surface area contributed by atoms with Crippen molar-refractivity contribution >= 4 is 23.5 Å². The number of methoxy groups -OCH3 is 1. The molecule has 0 saturated heterocycles. The highest BCUT2D eigenvalue weighted by Crippen LogP contribution is 2.13. The average Bonchev–Trinajstić information content (AvgIpc) is 2.40. The van der Waals surface area contributed by atoms with Gasteiger partial charge in [-0.05, 0) is 13.3 Å². The van der Waals surface area contributed by atoms with Crippen molar-refractivity contribution in [2.75, 3.05) is 24.7 Å². The van der Waals surface area contributed by atoms with E-state index in [1.807, 2.05) is 13.0 Å². The molecule has 6 heteroatoms. The van der Waals surface area contributed by atoms with Crippen molar-refractivity contribution in [3.05, 3.63) is 17.6 Å². The first-order chi connectivity index (χ1) is 9.15. The zero-order valence-electron chi connectivity index (χ0n) is 11.7. The molecule has 1 aromatic heterocycles. The molecular weight excluding hydrogens is 262 g/mol. The minimum atomic E-state index is -0.178. The lowest BCUT2D eigenvalue weighted by Gasteiger charge is -2.07. The van der Waals surface area contributed by atoms with Crippen molar-refractivity contribution in [2.24, 2.45) is 0 Å². The molecule has 106 valence electrons. The van der Waals surface area contributed by atoms with Crippen molar-refractivity contribution in [3.8, 4) is 0 Å². The number of aryl methyl sites for hydroxylation is 1. The smallest absolute Gasteiger partial charge is 0.306 e. The van der Waals surface area contributed by atoms with Crippen LogP contribution >= 0.6 is 11.8 Å². The van der Waals surface area contributed by atoms with Gasteiger partial charge < -0.3 is 10.1 Å². The van der Waals surface area contributed by atoms with Crippen LogP contribution in [0.2, 0.25) is 0 Å². The van der Waals surface area contributed by atoms with Crippen molar-refractivity contribution in [1.82, 2.24) is 9.97 Å². The zero-order chi connectivity index (χ0) is 14.1. The molecule has 0 unspecified atom stereocenters. The van der Waals surface area contributed by atoms with Crippen LogP contribution in [0.3, 0.4) is 0 Å². The van der Waals surface area contributed by atoms with Crippen LogP contribution in [0.15, 0.2) is 6.07 Å². The summed E-state index contributed by atoms with van der Waals surface area (Å²) in [7, 11) is 1.41. The lowest BCUT2D eigenvalue weighted by molar-refractivity contribution is -0.140. The van der Waals surface area contributed by atoms with Crippen molar-refractivity contribution in [3.63, 3.8) is 0 Å². The molecule has 0 amide bonds. The van der Waals surface area contributed by atoms with E-state index in [0.717, 1.165) is 36.1 Å². The Hall–Kier alpha value is -1.30. The number of aromatic nitrogens is 2. The maximum atomic E-state index is 11.0. The minimum Gasteiger partial charge on any atom is -0.469 e. The molecule has 0 aromatic carbocycles. The Morgan fingerprint density at radius 1 is 1.47 bits per heavy atom. The fourth-order valence-corrected chi connectivity index (χ4v) is 2.23. The summed E-state index contributed by atoms with van der Waals surface area (Å²) in [5.74, 6) is 2.93. The summed E-state index contributed by atoms with van der Waals surface area (Å²) in [6, 6.07) is 1.94. The van der Waals surface area contributed by atoms with Gasteiger partial charge in [0.25, 0.3) is 0 Å². The third-order valence-corrected chi connectivity index (χ3v) is 3.32. The number of carbonyl (C=O) groups is 1. The topological polar surface area (TPSA) is 64.1 Å². The first-order valence-electron chi connectivity index (χ1n) is 6.38. The van der Waals surface area contributed by atoms with E-state index in [0.29, 0.717) is 12.2 Å². The summed E-state index contributed by atoms with van der Waals surface area (Å²) >= 11 is 1.64. The maximum Gasteiger partial charge on any atom is 0.306 e. The Morgan fingerprint density at radius 3 is 2.95 bits per heavy atom. The lowest BCUT2D eigenvalue weighted by Crippen LogP contribution is -2.06. The molecule has 1 heterocycles. The number of rotatable bonds is 8. The first kappa shape index (κ1) is 15.8. The number of nitrogens with zero attached hydrogens (tertiary/aromatic N) is 2. The Morgan fingerprint density at radius 2 is 2.26 bits per heavy atom. The third-order valence-electron chi connectivity index (χ3n) is 2.37. The summed E-state index contributed by atoms with van der Waals surface area (Å²) < 4.78 is 4.59. The van der Waals surface area contributed by atoms with Crippen LogP contribution in [0.5, 0.6) is 0 Å². The highest BCUT2D eigenvalue weighted by Gasteiger charge is 2.04. The number of hydrogen-bond donors (Lipinski definition) is 1. The monoisotopic (exact) mass is 283 g/mol. The van der Waals surface area contributed by atoms with E-state index in [9.17, 15) is 4.79 Å². The van der Waals surface area contributed by atoms with Crippen LogP contribution in [0.25, 0.3) is 0 Å². The molecular formula is C13H21N3O2S. The van der Waals surface area contributed by atoms with E-state index >= 15 is 0 Å². The number of hydrogen-bond acceptors (Lipinski definition) is 6. The van der Waals surface area contributed by atoms with Crippen molar-refractivity contribution < 1.29 is 9.53 Å². The second kappa shape index (κ2) is 8.74. The van der Waals surface area contributed by atoms with E-state index in [1.54, 1.807) is 11.8 Å². The number of ether oxygens (including phenoxy) is 1. The molecule has 1 rings (SSSR count). The van der Waals surface area contributed by atoms with Gasteiger partial charge >= 0.3 is 5.97 Å². The molecule has 1 N–H and O–H groups in total. The molecule has 5 nitrogen and oxygen atoms in total. The maximum absolute atomic E-state index is 11.0. The van der Waals surface area contributed by atoms with Crippen LogP contribution in [-0.2, 0) is 15.3 Å². The molecule has 0 saturated carbocycles. The molecule has 0 atom stereocenters. The predicted octanol–water partition coefficient (Wildman–Crippen LogP) is 2.40. The molecule has 0 aliphatic carbocycles. The predicted molar refractivity (Wildman–Crippen MR) is 78.3 cm³/mol. The fourth-order valence-electron chi connectivity index (χ4n) is 1.46. The highest BCUT2D eigenvalue weighted by atomic mass is 32.2. The van der Waals surface area contributed by atoms with E-state index in [2.05, 4.69) is 26.9 Å². The zero-order valence-corrected chi connectivity index (χ0v) is 12.5. The Labute approximate surface area is 118 Å². The molecule has 0 aliphatic rings. The Bertz CT molecular complexity index is 413. The summed E-state index contributed by atoms with van der Waals surface area (Å²) in [4.78, 5) is 19.8. The van der Waals surface area contributed by atoms with E-state index in [1.165, 1.54) is 7.11 Å². The fraction of sp³-hybridized carbons (Fsp3) is 0.615. The van der Waals surface area contributed by atoms with E-state index < -0.39 is 0 Å². The second-order valence-electron chi connectivity index (χ2n) is 4.12. The van der Waals surface area contributed by atoms with Gasteiger partial charge in [-0.15, -0.1) is 0 Å². The number of thioether (sulfide) groups is 1. The van der Waals surface area contributed by atoms with E-state index in [4.69, 9.17) is 0 Å². The second-order valence-corrected chi connectivity index (χ2v) is 5.22. The van der Waals surface area contributed by atoms with Gasteiger partial charge in [-0.25, -0.2) is 9.97 Å². The minimum absolute atomic E-state index is 0.178. The molecule has 0 aliphatic heterocycles. The summed E-state index contributed by atoms with van der Waals surface area (Å²) in [6.45, 7) is 4.98. The van der Waals surface area contributed by atoms with Gasteiger partial charge in [0, 0.05) is 24.1 Å². The quantitative estimate of drug-likeness (QED) is 0.584. The summed E-state index contributed by atoms with van der Waals surface area (Å²) in [6.07, 6.45) is 1.49. The largest absolute Gasteiger partial charge is 0.469 e. The van der Waals surface area contributed by atoms with Crippen LogP contribution in [0.4, 0.5) is 5.82 Å². The van der Waals surface area contributed by atoms with Gasteiger partial charge in [0.05, 0.1) is 19.3 Å². The first-order valence-corrected chi connectivity index (χ1v) is 7.54. The normalized spacial score (nSPS) is 10.3. The molecule has 0 spiro atoms. The molecule has 0 fully saturated rings. The number of esters is 1. The van der Waals surface area contributed by atoms with Crippen LogP contribution in [0, 0.1) is 6.92 Å². The SMILES string of the molecule is CCCNc1cc(C)nc(CSCCC(=O)OC)n1. The van der Waals surface area contributed by atoms with E-state index in [-0.39, 0.29) is 5.97 Å². The molecule has 1 aromatic rings. The summed E-state index contributed by atoms with van der Waals surface area (Å²) in [5, 5.41) is 3.26. The standard InChI is InChI=1S/C13H21N3O2S/c1-4-6-14-11-8-10(2)15-12(16-11)9-19-7-5-13(17)18-3/h8H,4-7,9H2,1-3H3,(H,14,15,16).